The van der Waals surface area contributed by atoms with E-state index in [9.17, 15) is 4.79 Å². The summed E-state index contributed by atoms with van der Waals surface area (Å²) in [5.41, 5.74) is 1.19. The Morgan fingerprint density at radius 3 is 2.87 bits per heavy atom. The summed E-state index contributed by atoms with van der Waals surface area (Å²) >= 11 is 0. The Bertz CT molecular complexity index is 464. The highest BCUT2D eigenvalue weighted by atomic mass is 16.5. The number of nitrogens with one attached hydrogen (secondary N) is 1. The molecule has 1 saturated heterocycles. The summed E-state index contributed by atoms with van der Waals surface area (Å²) < 4.78 is 5.85. The van der Waals surface area contributed by atoms with Crippen LogP contribution >= 0.6 is 0 Å². The summed E-state index contributed by atoms with van der Waals surface area (Å²) in [5.74, 6) is 0.128. The largest absolute Gasteiger partial charge is 0.371 e. The van der Waals surface area contributed by atoms with Gasteiger partial charge in [0, 0.05) is 19.1 Å². The second-order valence-electron chi connectivity index (χ2n) is 6.47. The van der Waals surface area contributed by atoms with Crippen molar-refractivity contribution in [1.29, 1.82) is 0 Å². The van der Waals surface area contributed by atoms with Crippen molar-refractivity contribution in [3.05, 3.63) is 35.9 Å². The van der Waals surface area contributed by atoms with Gasteiger partial charge in [0.2, 0.25) is 5.91 Å². The molecule has 0 radical (unpaired) electrons. The van der Waals surface area contributed by atoms with Gasteiger partial charge in [-0.05, 0) is 18.9 Å². The molecule has 1 heterocycles. The number of carbonyl (C=O) groups excluding carboxylic acids is 1. The van der Waals surface area contributed by atoms with Crippen molar-refractivity contribution in [3.63, 3.8) is 0 Å². The fourth-order valence-electron chi connectivity index (χ4n) is 3.01. The lowest BCUT2D eigenvalue weighted by Gasteiger charge is -2.33. The zero-order valence-corrected chi connectivity index (χ0v) is 14.5. The minimum Gasteiger partial charge on any atom is -0.371 e. The lowest BCUT2D eigenvalue weighted by atomic mass is 10.1. The molecule has 2 atom stereocenters. The van der Waals surface area contributed by atoms with Crippen LogP contribution in [0, 0.1) is 0 Å². The number of nitrogens with zero attached hydrogens (tertiary/aromatic N) is 1. The SMILES string of the molecule is CCCCCC(C)NC(=O)CN1CCOC(c2ccccc2)C1. The average Bonchev–Trinajstić information content (AvgIpc) is 2.56. The van der Waals surface area contributed by atoms with Gasteiger partial charge in [-0.2, -0.15) is 0 Å². The molecular weight excluding hydrogens is 288 g/mol. The first-order valence-corrected chi connectivity index (χ1v) is 8.87. The number of hydrogen-bond donors (Lipinski definition) is 1. The molecule has 1 fully saturated rings. The Hall–Kier alpha value is -1.39. The van der Waals surface area contributed by atoms with Crippen LogP contribution in [0.3, 0.4) is 0 Å². The van der Waals surface area contributed by atoms with Crippen LogP contribution in [0.5, 0.6) is 0 Å². The van der Waals surface area contributed by atoms with Crippen molar-refractivity contribution in [2.75, 3.05) is 26.2 Å². The van der Waals surface area contributed by atoms with Crippen molar-refractivity contribution in [2.24, 2.45) is 0 Å². The van der Waals surface area contributed by atoms with E-state index in [1.165, 1.54) is 24.8 Å². The zero-order valence-electron chi connectivity index (χ0n) is 14.5. The van der Waals surface area contributed by atoms with Crippen LogP contribution in [-0.4, -0.2) is 43.1 Å². The normalized spacial score (nSPS) is 20.2. The van der Waals surface area contributed by atoms with E-state index in [1.807, 2.05) is 18.2 Å². The van der Waals surface area contributed by atoms with E-state index in [1.54, 1.807) is 0 Å². The number of morpholine rings is 1. The van der Waals surface area contributed by atoms with Crippen LogP contribution in [0.1, 0.15) is 51.2 Å². The molecule has 128 valence electrons. The monoisotopic (exact) mass is 318 g/mol. The molecule has 0 spiro atoms. The molecule has 4 heteroatoms. The van der Waals surface area contributed by atoms with Gasteiger partial charge in [-0.25, -0.2) is 0 Å². The molecule has 2 unspecified atom stereocenters. The van der Waals surface area contributed by atoms with Gasteiger partial charge in [0.25, 0.3) is 0 Å². The van der Waals surface area contributed by atoms with Crippen molar-refractivity contribution in [2.45, 2.75) is 51.7 Å². The molecule has 23 heavy (non-hydrogen) atoms. The first-order valence-electron chi connectivity index (χ1n) is 8.87. The van der Waals surface area contributed by atoms with Gasteiger partial charge < -0.3 is 10.1 Å². The van der Waals surface area contributed by atoms with E-state index in [2.05, 4.69) is 36.2 Å². The summed E-state index contributed by atoms with van der Waals surface area (Å²) in [6.45, 7) is 7.04. The molecule has 1 aliphatic rings. The molecule has 1 aromatic carbocycles. The first kappa shape index (κ1) is 18.0. The minimum absolute atomic E-state index is 0.0692. The highest BCUT2D eigenvalue weighted by Crippen LogP contribution is 2.21. The van der Waals surface area contributed by atoms with Gasteiger partial charge in [0.1, 0.15) is 0 Å². The number of unbranched alkanes of at least 4 members (excludes halogenated alkanes) is 2. The average molecular weight is 318 g/mol. The van der Waals surface area contributed by atoms with Crippen LogP contribution in [0.15, 0.2) is 30.3 Å². The first-order chi connectivity index (χ1) is 11.2. The Morgan fingerprint density at radius 2 is 2.13 bits per heavy atom. The molecule has 0 saturated carbocycles. The lowest BCUT2D eigenvalue weighted by Crippen LogP contribution is -2.46. The van der Waals surface area contributed by atoms with E-state index in [0.717, 1.165) is 19.5 Å². The fourth-order valence-corrected chi connectivity index (χ4v) is 3.01. The molecule has 1 aliphatic heterocycles. The van der Waals surface area contributed by atoms with Crippen LogP contribution in [0.25, 0.3) is 0 Å². The predicted octanol–water partition coefficient (Wildman–Crippen LogP) is 3.14. The molecule has 0 bridgehead atoms. The molecule has 1 amide bonds. The molecule has 0 aliphatic carbocycles. The van der Waals surface area contributed by atoms with E-state index in [-0.39, 0.29) is 18.1 Å². The Labute approximate surface area is 140 Å². The van der Waals surface area contributed by atoms with Gasteiger partial charge >= 0.3 is 0 Å². The van der Waals surface area contributed by atoms with Crippen molar-refractivity contribution in [3.8, 4) is 0 Å². The third-order valence-corrected chi connectivity index (χ3v) is 4.34. The van der Waals surface area contributed by atoms with E-state index >= 15 is 0 Å². The maximum atomic E-state index is 12.2. The van der Waals surface area contributed by atoms with Gasteiger partial charge in [-0.3, -0.25) is 9.69 Å². The van der Waals surface area contributed by atoms with E-state index in [0.29, 0.717) is 13.2 Å². The number of hydrogen-bond acceptors (Lipinski definition) is 3. The van der Waals surface area contributed by atoms with Crippen molar-refractivity contribution in [1.82, 2.24) is 10.2 Å². The fraction of sp³-hybridized carbons (Fsp3) is 0.632. The van der Waals surface area contributed by atoms with E-state index in [4.69, 9.17) is 4.74 Å². The topological polar surface area (TPSA) is 41.6 Å². The summed E-state index contributed by atoms with van der Waals surface area (Å²) in [4.78, 5) is 14.4. The number of ether oxygens (including phenoxy) is 1. The Kier molecular flexibility index (Phi) is 7.56. The van der Waals surface area contributed by atoms with Gasteiger partial charge in [0.05, 0.1) is 19.3 Å². The molecule has 2 rings (SSSR count). The van der Waals surface area contributed by atoms with Gasteiger partial charge in [-0.15, -0.1) is 0 Å². The molecule has 0 aromatic heterocycles. The highest BCUT2D eigenvalue weighted by Gasteiger charge is 2.23. The number of carbonyl (C=O) groups is 1. The van der Waals surface area contributed by atoms with Crippen LogP contribution in [0.2, 0.25) is 0 Å². The van der Waals surface area contributed by atoms with Gasteiger partial charge in [0.15, 0.2) is 0 Å². The predicted molar refractivity (Wildman–Crippen MR) is 93.3 cm³/mol. The Morgan fingerprint density at radius 1 is 1.35 bits per heavy atom. The van der Waals surface area contributed by atoms with Crippen LogP contribution in [0.4, 0.5) is 0 Å². The maximum Gasteiger partial charge on any atom is 0.234 e. The summed E-state index contributed by atoms with van der Waals surface area (Å²) in [6, 6.07) is 10.5. The standard InChI is InChI=1S/C19H30N2O2/c1-3-4-6-9-16(2)20-19(22)15-21-12-13-23-18(14-21)17-10-7-5-8-11-17/h5,7-8,10-11,16,18H,3-4,6,9,12-15H2,1-2H3,(H,20,22). The number of rotatable bonds is 8. The van der Waals surface area contributed by atoms with Crippen molar-refractivity contribution < 1.29 is 9.53 Å². The lowest BCUT2D eigenvalue weighted by molar-refractivity contribution is -0.125. The van der Waals surface area contributed by atoms with Crippen LogP contribution in [-0.2, 0) is 9.53 Å². The quantitative estimate of drug-likeness (QED) is 0.749. The molecule has 1 aromatic rings. The zero-order chi connectivity index (χ0) is 16.5. The third-order valence-electron chi connectivity index (χ3n) is 4.34. The maximum absolute atomic E-state index is 12.2. The highest BCUT2D eigenvalue weighted by molar-refractivity contribution is 5.78. The van der Waals surface area contributed by atoms with Crippen LogP contribution < -0.4 is 5.32 Å². The second-order valence-corrected chi connectivity index (χ2v) is 6.47. The second kappa shape index (κ2) is 9.68. The van der Waals surface area contributed by atoms with E-state index < -0.39 is 0 Å². The number of benzene rings is 1. The van der Waals surface area contributed by atoms with Gasteiger partial charge in [-0.1, -0.05) is 56.5 Å². The Balaban J connectivity index is 1.75. The molecule has 1 N–H and O–H groups in total. The summed E-state index contributed by atoms with van der Waals surface area (Å²) in [6.07, 6.45) is 4.78. The smallest absolute Gasteiger partial charge is 0.234 e. The molecule has 4 nitrogen and oxygen atoms in total. The minimum atomic E-state index is 0.0692. The molecular formula is C19H30N2O2. The summed E-state index contributed by atoms with van der Waals surface area (Å²) in [5, 5.41) is 3.12. The third kappa shape index (κ3) is 6.32. The number of amides is 1. The summed E-state index contributed by atoms with van der Waals surface area (Å²) in [7, 11) is 0. The van der Waals surface area contributed by atoms with Crippen molar-refractivity contribution >= 4 is 5.91 Å².